The molecule has 4 heteroatoms. The predicted molar refractivity (Wildman–Crippen MR) is 65.5 cm³/mol. The van der Waals surface area contributed by atoms with Crippen molar-refractivity contribution in [1.82, 2.24) is 0 Å². The zero-order valence-corrected chi connectivity index (χ0v) is 10.6. The zero-order chi connectivity index (χ0) is 13.3. The van der Waals surface area contributed by atoms with E-state index in [2.05, 4.69) is 0 Å². The molecule has 0 unspecified atom stereocenters. The van der Waals surface area contributed by atoms with Gasteiger partial charge in [0.2, 0.25) is 0 Å². The molecule has 0 aromatic heterocycles. The summed E-state index contributed by atoms with van der Waals surface area (Å²) in [5.74, 6) is -0.958. The fourth-order valence-corrected chi connectivity index (χ4v) is 2.83. The Hall–Kier alpha value is -1.58. The highest BCUT2D eigenvalue weighted by Crippen LogP contribution is 2.43. The Bertz CT molecular complexity index is 476. The molecule has 3 nitrogen and oxygen atoms in total. The van der Waals surface area contributed by atoms with Gasteiger partial charge in [0, 0.05) is 11.6 Å². The van der Waals surface area contributed by atoms with Gasteiger partial charge < -0.3 is 9.84 Å². The Morgan fingerprint density at radius 2 is 2.00 bits per heavy atom. The molecule has 1 aliphatic rings. The van der Waals surface area contributed by atoms with Gasteiger partial charge in [-0.1, -0.05) is 12.8 Å². The number of rotatable bonds is 3. The number of halogens is 1. The van der Waals surface area contributed by atoms with Crippen LogP contribution in [0, 0.1) is 12.7 Å². The lowest BCUT2D eigenvalue weighted by atomic mass is 9.78. The molecule has 2 rings (SSSR count). The summed E-state index contributed by atoms with van der Waals surface area (Å²) in [5.41, 5.74) is 0.00780. The molecule has 0 atom stereocenters. The van der Waals surface area contributed by atoms with Crippen LogP contribution in [0.1, 0.15) is 36.8 Å². The standard InChI is InChI=1S/C14H17FO3/c1-9-7-10(11(15)8-12(9)18-2)14(13(16)17)5-3-4-6-14/h7-8H,3-6H2,1-2H3,(H,16,17). The van der Waals surface area contributed by atoms with Gasteiger partial charge in [-0.15, -0.1) is 0 Å². The lowest BCUT2D eigenvalue weighted by Gasteiger charge is -2.25. The van der Waals surface area contributed by atoms with Crippen molar-refractivity contribution in [2.75, 3.05) is 7.11 Å². The van der Waals surface area contributed by atoms with Crippen molar-refractivity contribution < 1.29 is 19.0 Å². The van der Waals surface area contributed by atoms with Gasteiger partial charge in [-0.25, -0.2) is 4.39 Å². The summed E-state index contributed by atoms with van der Waals surface area (Å²) < 4.78 is 19.2. The predicted octanol–water partition coefficient (Wildman–Crippen LogP) is 3.04. The number of carboxylic acids is 1. The first-order chi connectivity index (χ1) is 8.51. The lowest BCUT2D eigenvalue weighted by Crippen LogP contribution is -2.33. The van der Waals surface area contributed by atoms with Crippen LogP contribution in [0.5, 0.6) is 5.75 Å². The minimum atomic E-state index is -1.05. The van der Waals surface area contributed by atoms with Gasteiger partial charge >= 0.3 is 5.97 Å². The third-order valence-corrected chi connectivity index (χ3v) is 3.87. The van der Waals surface area contributed by atoms with Crippen molar-refractivity contribution in [2.24, 2.45) is 0 Å². The van der Waals surface area contributed by atoms with Crippen LogP contribution in [0.3, 0.4) is 0 Å². The fraction of sp³-hybridized carbons (Fsp3) is 0.500. The number of aliphatic carboxylic acids is 1. The number of carbonyl (C=O) groups is 1. The number of ether oxygens (including phenoxy) is 1. The molecule has 1 N–H and O–H groups in total. The van der Waals surface area contributed by atoms with E-state index >= 15 is 0 Å². The van der Waals surface area contributed by atoms with Crippen LogP contribution >= 0.6 is 0 Å². The van der Waals surface area contributed by atoms with E-state index in [9.17, 15) is 14.3 Å². The van der Waals surface area contributed by atoms with Crippen molar-refractivity contribution in [3.8, 4) is 5.75 Å². The summed E-state index contributed by atoms with van der Waals surface area (Å²) >= 11 is 0. The topological polar surface area (TPSA) is 46.5 Å². The molecule has 1 aliphatic carbocycles. The van der Waals surface area contributed by atoms with Crippen molar-refractivity contribution in [3.05, 3.63) is 29.1 Å². The smallest absolute Gasteiger partial charge is 0.314 e. The van der Waals surface area contributed by atoms with Crippen molar-refractivity contribution in [3.63, 3.8) is 0 Å². The molecule has 1 saturated carbocycles. The van der Waals surface area contributed by atoms with Crippen molar-refractivity contribution >= 4 is 5.97 Å². The number of aryl methyl sites for hydroxylation is 1. The highest BCUT2D eigenvalue weighted by atomic mass is 19.1. The van der Waals surface area contributed by atoms with Crippen LogP contribution < -0.4 is 4.74 Å². The SMILES string of the molecule is COc1cc(F)c(C2(C(=O)O)CCCC2)cc1C. The van der Waals surface area contributed by atoms with E-state index < -0.39 is 17.2 Å². The Morgan fingerprint density at radius 1 is 1.39 bits per heavy atom. The highest BCUT2D eigenvalue weighted by Gasteiger charge is 2.44. The summed E-state index contributed by atoms with van der Waals surface area (Å²) in [4.78, 5) is 11.5. The van der Waals surface area contributed by atoms with Crippen LogP contribution in [0.2, 0.25) is 0 Å². The molecule has 1 aromatic carbocycles. The van der Waals surface area contributed by atoms with E-state index in [4.69, 9.17) is 4.74 Å². The van der Waals surface area contributed by atoms with Crippen LogP contribution in [0.4, 0.5) is 4.39 Å². The number of methoxy groups -OCH3 is 1. The fourth-order valence-electron chi connectivity index (χ4n) is 2.83. The van der Waals surface area contributed by atoms with Gasteiger partial charge in [0.15, 0.2) is 0 Å². The summed E-state index contributed by atoms with van der Waals surface area (Å²) in [5, 5.41) is 9.46. The first-order valence-electron chi connectivity index (χ1n) is 6.09. The molecular weight excluding hydrogens is 235 g/mol. The Kier molecular flexibility index (Phi) is 3.28. The van der Waals surface area contributed by atoms with E-state index in [1.165, 1.54) is 13.2 Å². The normalized spacial score (nSPS) is 17.7. The molecule has 0 radical (unpaired) electrons. The second-order valence-corrected chi connectivity index (χ2v) is 4.90. The molecule has 0 spiro atoms. The van der Waals surface area contributed by atoms with Crippen LogP contribution in [-0.4, -0.2) is 18.2 Å². The summed E-state index contributed by atoms with van der Waals surface area (Å²) in [6, 6.07) is 2.90. The number of carboxylic acid groups (broad SMARTS) is 1. The van der Waals surface area contributed by atoms with E-state index in [-0.39, 0.29) is 0 Å². The van der Waals surface area contributed by atoms with E-state index in [1.54, 1.807) is 13.0 Å². The molecule has 0 bridgehead atoms. The van der Waals surface area contributed by atoms with Crippen LogP contribution in [0.15, 0.2) is 12.1 Å². The quantitative estimate of drug-likeness (QED) is 0.899. The third kappa shape index (κ3) is 1.85. The third-order valence-electron chi connectivity index (χ3n) is 3.87. The molecule has 0 aliphatic heterocycles. The molecule has 1 aromatic rings. The molecular formula is C14H17FO3. The van der Waals surface area contributed by atoms with Gasteiger partial charge in [-0.05, 0) is 31.4 Å². The Balaban J connectivity index is 2.56. The van der Waals surface area contributed by atoms with Gasteiger partial charge in [-0.2, -0.15) is 0 Å². The number of hydrogen-bond donors (Lipinski definition) is 1. The number of benzene rings is 1. The molecule has 0 heterocycles. The first kappa shape index (κ1) is 12.9. The average Bonchev–Trinajstić information content (AvgIpc) is 2.82. The number of hydrogen-bond acceptors (Lipinski definition) is 2. The minimum Gasteiger partial charge on any atom is -0.496 e. The van der Waals surface area contributed by atoms with Gasteiger partial charge in [0.1, 0.15) is 11.6 Å². The first-order valence-corrected chi connectivity index (χ1v) is 6.09. The monoisotopic (exact) mass is 252 g/mol. The second-order valence-electron chi connectivity index (χ2n) is 4.90. The maximum Gasteiger partial charge on any atom is 0.314 e. The molecule has 0 saturated heterocycles. The summed E-state index contributed by atoms with van der Waals surface area (Å²) in [6.07, 6.45) is 2.67. The summed E-state index contributed by atoms with van der Waals surface area (Å²) in [7, 11) is 1.48. The minimum absolute atomic E-state index is 0.297. The second kappa shape index (κ2) is 4.59. The lowest BCUT2D eigenvalue weighted by molar-refractivity contribution is -0.143. The maximum atomic E-state index is 14.1. The molecule has 18 heavy (non-hydrogen) atoms. The van der Waals surface area contributed by atoms with Crippen molar-refractivity contribution in [2.45, 2.75) is 38.0 Å². The van der Waals surface area contributed by atoms with Crippen molar-refractivity contribution in [1.29, 1.82) is 0 Å². The van der Waals surface area contributed by atoms with Gasteiger partial charge in [0.05, 0.1) is 12.5 Å². The largest absolute Gasteiger partial charge is 0.496 e. The summed E-state index contributed by atoms with van der Waals surface area (Å²) in [6.45, 7) is 1.80. The molecule has 1 fully saturated rings. The molecule has 98 valence electrons. The maximum absolute atomic E-state index is 14.1. The highest BCUT2D eigenvalue weighted by molar-refractivity contribution is 5.82. The van der Waals surface area contributed by atoms with E-state index in [1.807, 2.05) is 0 Å². The zero-order valence-electron chi connectivity index (χ0n) is 10.6. The Labute approximate surface area is 106 Å². The van der Waals surface area contributed by atoms with Gasteiger partial charge in [-0.3, -0.25) is 4.79 Å². The average molecular weight is 252 g/mol. The van der Waals surface area contributed by atoms with E-state index in [0.717, 1.165) is 18.4 Å². The molecule has 0 amide bonds. The van der Waals surface area contributed by atoms with E-state index in [0.29, 0.717) is 24.2 Å². The van der Waals surface area contributed by atoms with Crippen LogP contribution in [0.25, 0.3) is 0 Å². The van der Waals surface area contributed by atoms with Gasteiger partial charge in [0.25, 0.3) is 0 Å². The Morgan fingerprint density at radius 3 is 2.50 bits per heavy atom. The van der Waals surface area contributed by atoms with Crippen LogP contribution in [-0.2, 0) is 10.2 Å².